The minimum absolute atomic E-state index is 0.183. The Morgan fingerprint density at radius 3 is 2.28 bits per heavy atom. The smallest absolute Gasteiger partial charge is 0.127 e. The number of rotatable bonds is 2. The summed E-state index contributed by atoms with van der Waals surface area (Å²) in [6, 6.07) is 10.3. The summed E-state index contributed by atoms with van der Waals surface area (Å²) in [5, 5.41) is 0.867. The molecule has 0 saturated carbocycles. The number of anilines is 1. The van der Waals surface area contributed by atoms with Gasteiger partial charge in [-0.05, 0) is 23.1 Å². The van der Waals surface area contributed by atoms with Crippen molar-refractivity contribution in [1.82, 2.24) is 9.97 Å². The number of hydrogen-bond donors (Lipinski definition) is 1. The minimum Gasteiger partial charge on any atom is -0.384 e. The zero-order valence-corrected chi connectivity index (χ0v) is 11.7. The van der Waals surface area contributed by atoms with Crippen LogP contribution in [0.5, 0.6) is 0 Å². The van der Waals surface area contributed by atoms with Crippen LogP contribution < -0.4 is 5.73 Å². The Morgan fingerprint density at radius 2 is 1.72 bits per heavy atom. The molecule has 0 aliphatic carbocycles. The Balaban J connectivity index is 2.16. The van der Waals surface area contributed by atoms with E-state index in [1.807, 2.05) is 0 Å². The summed E-state index contributed by atoms with van der Waals surface area (Å²) in [6.45, 7) is 6.63. The first kappa shape index (κ1) is 12.9. The van der Waals surface area contributed by atoms with Gasteiger partial charge in [0.15, 0.2) is 0 Å². The maximum absolute atomic E-state index is 5.63. The molecule has 18 heavy (non-hydrogen) atoms. The first-order valence-electron chi connectivity index (χ1n) is 5.81. The van der Waals surface area contributed by atoms with Gasteiger partial charge in [-0.15, -0.1) is 0 Å². The van der Waals surface area contributed by atoms with Gasteiger partial charge < -0.3 is 5.73 Å². The Hall–Kier alpha value is -1.55. The monoisotopic (exact) mass is 259 g/mol. The van der Waals surface area contributed by atoms with E-state index in [1.165, 1.54) is 11.9 Å². The SMILES string of the molecule is CC(C)(C)c1ccc(Sc2cc(N)ncn2)cc1. The molecule has 3 nitrogen and oxygen atoms in total. The third kappa shape index (κ3) is 3.23. The van der Waals surface area contributed by atoms with Crippen LogP contribution in [-0.2, 0) is 5.41 Å². The zero-order valence-electron chi connectivity index (χ0n) is 10.8. The first-order chi connectivity index (χ1) is 8.45. The molecule has 2 aromatic rings. The summed E-state index contributed by atoms with van der Waals surface area (Å²) in [7, 11) is 0. The van der Waals surface area contributed by atoms with Crippen molar-refractivity contribution in [3.63, 3.8) is 0 Å². The highest BCUT2D eigenvalue weighted by Gasteiger charge is 2.12. The number of hydrogen-bond acceptors (Lipinski definition) is 4. The van der Waals surface area contributed by atoms with Crippen molar-refractivity contribution in [2.45, 2.75) is 36.1 Å². The molecule has 0 amide bonds. The van der Waals surface area contributed by atoms with Crippen LogP contribution in [0.15, 0.2) is 46.6 Å². The third-order valence-corrected chi connectivity index (χ3v) is 3.55. The largest absolute Gasteiger partial charge is 0.384 e. The number of aromatic nitrogens is 2. The molecule has 0 spiro atoms. The van der Waals surface area contributed by atoms with E-state index in [9.17, 15) is 0 Å². The molecule has 0 fully saturated rings. The normalized spacial score (nSPS) is 11.5. The van der Waals surface area contributed by atoms with Gasteiger partial charge in [-0.3, -0.25) is 0 Å². The van der Waals surface area contributed by atoms with E-state index in [1.54, 1.807) is 17.8 Å². The van der Waals surface area contributed by atoms with Crippen molar-refractivity contribution in [1.29, 1.82) is 0 Å². The van der Waals surface area contributed by atoms with E-state index in [4.69, 9.17) is 5.73 Å². The molecule has 1 aromatic carbocycles. The molecule has 2 rings (SSSR count). The average Bonchev–Trinajstić information content (AvgIpc) is 2.28. The number of nitrogens with two attached hydrogens (primary N) is 1. The molecule has 0 radical (unpaired) electrons. The van der Waals surface area contributed by atoms with Crippen molar-refractivity contribution in [3.05, 3.63) is 42.2 Å². The third-order valence-electron chi connectivity index (χ3n) is 2.61. The quantitative estimate of drug-likeness (QED) is 0.839. The minimum atomic E-state index is 0.183. The molecule has 0 bridgehead atoms. The highest BCUT2D eigenvalue weighted by atomic mass is 32.2. The fraction of sp³-hybridized carbons (Fsp3) is 0.286. The summed E-state index contributed by atoms with van der Waals surface area (Å²) >= 11 is 1.59. The molecule has 1 aromatic heterocycles. The highest BCUT2D eigenvalue weighted by Crippen LogP contribution is 2.29. The summed E-state index contributed by atoms with van der Waals surface area (Å²) in [6.07, 6.45) is 1.49. The summed E-state index contributed by atoms with van der Waals surface area (Å²) in [5.74, 6) is 0.499. The lowest BCUT2D eigenvalue weighted by atomic mass is 9.87. The molecule has 0 aliphatic heterocycles. The molecule has 0 unspecified atom stereocenters. The lowest BCUT2D eigenvalue weighted by molar-refractivity contribution is 0.590. The second-order valence-electron chi connectivity index (χ2n) is 5.16. The Labute approximate surface area is 112 Å². The van der Waals surface area contributed by atoms with Gasteiger partial charge in [-0.25, -0.2) is 9.97 Å². The molecule has 0 aliphatic rings. The van der Waals surface area contributed by atoms with Crippen LogP contribution in [0.4, 0.5) is 5.82 Å². The standard InChI is InChI=1S/C14H17N3S/c1-14(2,3)10-4-6-11(7-5-10)18-13-8-12(15)16-9-17-13/h4-9H,1-3H3,(H2,15,16,17). The van der Waals surface area contributed by atoms with Crippen molar-refractivity contribution in [3.8, 4) is 0 Å². The maximum atomic E-state index is 5.63. The summed E-state index contributed by atoms with van der Waals surface area (Å²) < 4.78 is 0. The second-order valence-corrected chi connectivity index (χ2v) is 6.25. The van der Waals surface area contributed by atoms with Gasteiger partial charge in [0.05, 0.1) is 0 Å². The molecule has 0 saturated heterocycles. The molecular formula is C14H17N3S. The topological polar surface area (TPSA) is 51.8 Å². The van der Waals surface area contributed by atoms with Crippen LogP contribution in [0, 0.1) is 0 Å². The Kier molecular flexibility index (Phi) is 3.57. The predicted molar refractivity (Wildman–Crippen MR) is 75.7 cm³/mol. The van der Waals surface area contributed by atoms with E-state index in [2.05, 4.69) is 55.0 Å². The van der Waals surface area contributed by atoms with Crippen LogP contribution in [0.25, 0.3) is 0 Å². The molecular weight excluding hydrogens is 242 g/mol. The van der Waals surface area contributed by atoms with Crippen LogP contribution in [0.2, 0.25) is 0 Å². The maximum Gasteiger partial charge on any atom is 0.127 e. The molecule has 94 valence electrons. The van der Waals surface area contributed by atoms with Crippen molar-refractivity contribution in [2.24, 2.45) is 0 Å². The van der Waals surface area contributed by atoms with E-state index in [0.717, 1.165) is 9.92 Å². The van der Waals surface area contributed by atoms with E-state index in [-0.39, 0.29) is 5.41 Å². The predicted octanol–water partition coefficient (Wildman–Crippen LogP) is 3.51. The van der Waals surface area contributed by atoms with Crippen molar-refractivity contribution >= 4 is 17.6 Å². The van der Waals surface area contributed by atoms with Crippen LogP contribution in [0.1, 0.15) is 26.3 Å². The fourth-order valence-corrected chi connectivity index (χ4v) is 2.35. The Morgan fingerprint density at radius 1 is 1.06 bits per heavy atom. The van der Waals surface area contributed by atoms with Crippen molar-refractivity contribution in [2.75, 3.05) is 5.73 Å². The second kappa shape index (κ2) is 4.98. The number of nitrogen functional groups attached to an aromatic ring is 1. The first-order valence-corrected chi connectivity index (χ1v) is 6.63. The average molecular weight is 259 g/mol. The van der Waals surface area contributed by atoms with Crippen molar-refractivity contribution < 1.29 is 0 Å². The number of nitrogens with zero attached hydrogens (tertiary/aromatic N) is 2. The Bertz CT molecular complexity index is 529. The van der Waals surface area contributed by atoms with Gasteiger partial charge in [-0.1, -0.05) is 44.7 Å². The van der Waals surface area contributed by atoms with Gasteiger partial charge in [-0.2, -0.15) is 0 Å². The molecule has 4 heteroatoms. The lowest BCUT2D eigenvalue weighted by Gasteiger charge is -2.18. The van der Waals surface area contributed by atoms with Gasteiger partial charge in [0.25, 0.3) is 0 Å². The van der Waals surface area contributed by atoms with E-state index < -0.39 is 0 Å². The molecule has 0 atom stereocenters. The van der Waals surface area contributed by atoms with Gasteiger partial charge in [0, 0.05) is 11.0 Å². The van der Waals surface area contributed by atoms with E-state index in [0.29, 0.717) is 5.82 Å². The molecule has 1 heterocycles. The van der Waals surface area contributed by atoms with Gasteiger partial charge in [0.1, 0.15) is 17.2 Å². The van der Waals surface area contributed by atoms with Crippen LogP contribution >= 0.6 is 11.8 Å². The number of benzene rings is 1. The van der Waals surface area contributed by atoms with Gasteiger partial charge >= 0.3 is 0 Å². The van der Waals surface area contributed by atoms with Crippen LogP contribution in [0.3, 0.4) is 0 Å². The van der Waals surface area contributed by atoms with E-state index >= 15 is 0 Å². The highest BCUT2D eigenvalue weighted by molar-refractivity contribution is 7.99. The zero-order chi connectivity index (χ0) is 13.2. The molecule has 2 N–H and O–H groups in total. The summed E-state index contributed by atoms with van der Waals surface area (Å²) in [5.41, 5.74) is 7.14. The van der Waals surface area contributed by atoms with Gasteiger partial charge in [0.2, 0.25) is 0 Å². The lowest BCUT2D eigenvalue weighted by Crippen LogP contribution is -2.10. The fourth-order valence-electron chi connectivity index (χ4n) is 1.55. The van der Waals surface area contributed by atoms with Crippen LogP contribution in [-0.4, -0.2) is 9.97 Å². The summed E-state index contributed by atoms with van der Waals surface area (Å²) in [4.78, 5) is 9.21.